The molecule has 0 bridgehead atoms. The number of non-ortho nitro benzene ring substituents is 1. The molecule has 0 aliphatic carbocycles. The lowest BCUT2D eigenvalue weighted by Crippen LogP contribution is -2.32. The van der Waals surface area contributed by atoms with Gasteiger partial charge in [0.25, 0.3) is 17.5 Å². The third-order valence-electron chi connectivity index (χ3n) is 4.75. The van der Waals surface area contributed by atoms with E-state index in [9.17, 15) is 19.7 Å². The van der Waals surface area contributed by atoms with Gasteiger partial charge in [0.15, 0.2) is 0 Å². The van der Waals surface area contributed by atoms with Gasteiger partial charge in [0.1, 0.15) is 0 Å². The zero-order valence-corrected chi connectivity index (χ0v) is 18.1. The lowest BCUT2D eigenvalue weighted by molar-refractivity contribution is -0.384. The van der Waals surface area contributed by atoms with E-state index >= 15 is 0 Å². The van der Waals surface area contributed by atoms with Crippen molar-refractivity contribution in [2.24, 2.45) is 5.10 Å². The topological polar surface area (TPSA) is 134 Å². The number of nitrogens with zero attached hydrogens (tertiary/aromatic N) is 5. The molecule has 2 amide bonds. The van der Waals surface area contributed by atoms with Crippen LogP contribution >= 0.6 is 11.6 Å². The van der Waals surface area contributed by atoms with E-state index in [4.69, 9.17) is 11.6 Å². The van der Waals surface area contributed by atoms with Gasteiger partial charge in [0.05, 0.1) is 23.0 Å². The number of nitrogens with one attached hydrogen (secondary N) is 1. The molecule has 1 N–H and O–H groups in total. The number of hydrogen-bond acceptors (Lipinski definition) is 7. The molecule has 168 valence electrons. The average Bonchev–Trinajstić information content (AvgIpc) is 3.33. The zero-order chi connectivity index (χ0) is 24.1. The Morgan fingerprint density at radius 1 is 0.971 bits per heavy atom. The number of imide groups is 1. The van der Waals surface area contributed by atoms with Gasteiger partial charge in [-0.3, -0.25) is 29.8 Å². The fraction of sp³-hybridized carbons (Fsp3) is 0. The van der Waals surface area contributed by atoms with Crippen molar-refractivity contribution < 1.29 is 14.5 Å². The molecule has 4 rings (SSSR count). The third kappa shape index (κ3) is 4.87. The first-order chi connectivity index (χ1) is 16.4. The van der Waals surface area contributed by atoms with Crippen LogP contribution in [0.4, 0.5) is 5.69 Å². The van der Waals surface area contributed by atoms with Gasteiger partial charge in [-0.15, -0.1) is 0 Å². The number of hydrogen-bond donors (Lipinski definition) is 1. The predicted molar refractivity (Wildman–Crippen MR) is 124 cm³/mol. The van der Waals surface area contributed by atoms with Crippen molar-refractivity contribution in [3.05, 3.63) is 111 Å². The van der Waals surface area contributed by atoms with Gasteiger partial charge in [-0.05, 0) is 36.4 Å². The number of pyridine rings is 1. The Labute approximate surface area is 197 Å². The highest BCUT2D eigenvalue weighted by Crippen LogP contribution is 2.22. The lowest BCUT2D eigenvalue weighted by Gasteiger charge is -2.15. The summed E-state index contributed by atoms with van der Waals surface area (Å²) < 4.78 is 0. The van der Waals surface area contributed by atoms with Gasteiger partial charge in [-0.2, -0.15) is 15.2 Å². The summed E-state index contributed by atoms with van der Waals surface area (Å²) in [4.78, 5) is 40.5. The van der Waals surface area contributed by atoms with Crippen LogP contribution < -0.4 is 0 Å². The van der Waals surface area contributed by atoms with E-state index in [1.165, 1.54) is 61.2 Å². The number of halogens is 1. The van der Waals surface area contributed by atoms with Crippen molar-refractivity contribution in [3.63, 3.8) is 0 Å². The average molecular weight is 475 g/mol. The maximum atomic E-state index is 13.2. The molecular formula is C23H15ClN6O4. The van der Waals surface area contributed by atoms with Crippen LogP contribution in [0.3, 0.4) is 0 Å². The van der Waals surface area contributed by atoms with E-state index in [1.54, 1.807) is 24.3 Å². The summed E-state index contributed by atoms with van der Waals surface area (Å²) in [5.74, 6) is -1.46. The maximum absolute atomic E-state index is 13.2. The van der Waals surface area contributed by atoms with Crippen LogP contribution in [0.15, 0.2) is 84.4 Å². The highest BCUT2D eigenvalue weighted by atomic mass is 35.5. The standard InChI is InChI=1S/C23H15ClN6O4/c24-19-5-1-15(2-6-19)21-18(13-26-28-21)14-27-29(23(32)17-9-11-25-12-10-17)22(31)16-3-7-20(8-4-16)30(33)34/h1-14H,(H,26,28). The largest absolute Gasteiger partial charge is 0.281 e. The molecule has 0 saturated carbocycles. The molecule has 0 saturated heterocycles. The molecule has 0 spiro atoms. The summed E-state index contributed by atoms with van der Waals surface area (Å²) in [6.45, 7) is 0. The number of aromatic amines is 1. The number of aromatic nitrogens is 3. The van der Waals surface area contributed by atoms with Crippen LogP contribution in [0.2, 0.25) is 5.02 Å². The van der Waals surface area contributed by atoms with Gasteiger partial charge in [-0.1, -0.05) is 23.7 Å². The van der Waals surface area contributed by atoms with Gasteiger partial charge in [0, 0.05) is 51.8 Å². The van der Waals surface area contributed by atoms with Gasteiger partial charge in [0.2, 0.25) is 0 Å². The van der Waals surface area contributed by atoms with E-state index in [-0.39, 0.29) is 16.8 Å². The van der Waals surface area contributed by atoms with Crippen LogP contribution in [-0.4, -0.2) is 43.1 Å². The van der Waals surface area contributed by atoms with Crippen LogP contribution in [-0.2, 0) is 0 Å². The lowest BCUT2D eigenvalue weighted by atomic mass is 10.1. The Hall–Kier alpha value is -4.70. The molecule has 0 aliphatic heterocycles. The summed E-state index contributed by atoms with van der Waals surface area (Å²) in [7, 11) is 0. The summed E-state index contributed by atoms with van der Waals surface area (Å²) in [5.41, 5.74) is 1.96. The smallest absolute Gasteiger partial charge is 0.277 e. The number of nitro benzene ring substituents is 1. The first-order valence-electron chi connectivity index (χ1n) is 9.80. The number of carbonyl (C=O) groups excluding carboxylic acids is 2. The van der Waals surface area contributed by atoms with Crippen molar-refractivity contribution >= 4 is 35.3 Å². The second-order valence-electron chi connectivity index (χ2n) is 6.91. The van der Waals surface area contributed by atoms with E-state index in [0.717, 1.165) is 5.56 Å². The monoisotopic (exact) mass is 474 g/mol. The molecule has 2 aromatic heterocycles. The van der Waals surface area contributed by atoms with E-state index in [0.29, 0.717) is 21.3 Å². The van der Waals surface area contributed by atoms with Gasteiger partial charge >= 0.3 is 0 Å². The highest BCUT2D eigenvalue weighted by Gasteiger charge is 2.24. The van der Waals surface area contributed by atoms with Crippen molar-refractivity contribution in [1.29, 1.82) is 0 Å². The zero-order valence-electron chi connectivity index (χ0n) is 17.3. The van der Waals surface area contributed by atoms with E-state index < -0.39 is 16.7 Å². The van der Waals surface area contributed by atoms with Crippen molar-refractivity contribution in [2.75, 3.05) is 0 Å². The second-order valence-corrected chi connectivity index (χ2v) is 7.35. The first kappa shape index (κ1) is 22.5. The van der Waals surface area contributed by atoms with Crippen molar-refractivity contribution in [3.8, 4) is 11.3 Å². The predicted octanol–water partition coefficient (Wildman–Crippen LogP) is 4.35. The molecule has 0 fully saturated rings. The molecule has 10 nitrogen and oxygen atoms in total. The number of hydrazone groups is 1. The Kier molecular flexibility index (Phi) is 6.51. The summed E-state index contributed by atoms with van der Waals surface area (Å²) in [6, 6.07) is 14.8. The maximum Gasteiger partial charge on any atom is 0.281 e. The SMILES string of the molecule is O=C(c1ccncc1)N(N=Cc1cn[nH]c1-c1ccc(Cl)cc1)C(=O)c1ccc([N+](=O)[O-])cc1. The molecule has 0 radical (unpaired) electrons. The molecule has 0 aliphatic rings. The minimum Gasteiger partial charge on any atom is -0.277 e. The normalized spacial score (nSPS) is 10.9. The quantitative estimate of drug-likeness (QED) is 0.191. The van der Waals surface area contributed by atoms with E-state index in [1.807, 2.05) is 0 Å². The van der Waals surface area contributed by atoms with Crippen LogP contribution in [0, 0.1) is 10.1 Å². The molecule has 4 aromatic rings. The Balaban J connectivity index is 1.69. The minimum absolute atomic E-state index is 0.0512. The highest BCUT2D eigenvalue weighted by molar-refractivity contribution is 6.30. The fourth-order valence-electron chi connectivity index (χ4n) is 3.02. The molecule has 2 aromatic carbocycles. The number of amides is 2. The number of rotatable bonds is 6. The summed E-state index contributed by atoms with van der Waals surface area (Å²) in [6.07, 6.45) is 5.66. The van der Waals surface area contributed by atoms with Gasteiger partial charge in [-0.25, -0.2) is 0 Å². The Morgan fingerprint density at radius 2 is 1.59 bits per heavy atom. The summed E-state index contributed by atoms with van der Waals surface area (Å²) >= 11 is 5.95. The minimum atomic E-state index is -0.760. The first-order valence-corrected chi connectivity index (χ1v) is 10.2. The molecule has 2 heterocycles. The van der Waals surface area contributed by atoms with Crippen molar-refractivity contribution in [1.82, 2.24) is 20.2 Å². The Bertz CT molecular complexity index is 1370. The van der Waals surface area contributed by atoms with Crippen molar-refractivity contribution in [2.45, 2.75) is 0 Å². The number of carbonyl (C=O) groups is 2. The third-order valence-corrected chi connectivity index (χ3v) is 5.00. The van der Waals surface area contributed by atoms with E-state index in [2.05, 4.69) is 20.3 Å². The van der Waals surface area contributed by atoms with Crippen LogP contribution in [0.25, 0.3) is 11.3 Å². The molecule has 0 unspecified atom stereocenters. The Morgan fingerprint density at radius 3 is 2.21 bits per heavy atom. The molecule has 11 heteroatoms. The molecule has 34 heavy (non-hydrogen) atoms. The van der Waals surface area contributed by atoms with Crippen LogP contribution in [0.5, 0.6) is 0 Å². The number of benzene rings is 2. The van der Waals surface area contributed by atoms with Gasteiger partial charge < -0.3 is 0 Å². The van der Waals surface area contributed by atoms with Crippen LogP contribution in [0.1, 0.15) is 26.3 Å². The fourth-order valence-corrected chi connectivity index (χ4v) is 3.15. The molecular weight excluding hydrogens is 460 g/mol. The number of nitro groups is 1. The second kappa shape index (κ2) is 9.84. The number of H-pyrrole nitrogens is 1. The summed E-state index contributed by atoms with van der Waals surface area (Å²) in [5, 5.41) is 23.2. The molecule has 0 atom stereocenters.